The van der Waals surface area contributed by atoms with Crippen molar-refractivity contribution in [3.8, 4) is 0 Å². The summed E-state index contributed by atoms with van der Waals surface area (Å²) in [5.41, 5.74) is 3.51. The minimum Gasteiger partial charge on any atom is -0.384 e. The molecule has 3 heteroatoms. The van der Waals surface area contributed by atoms with Crippen LogP contribution in [0.4, 0.5) is 5.69 Å². The monoisotopic (exact) mass is 220 g/mol. The van der Waals surface area contributed by atoms with Gasteiger partial charge in [-0.15, -0.1) is 0 Å². The molecule has 1 aliphatic rings. The minimum atomic E-state index is -0.791. The van der Waals surface area contributed by atoms with Crippen molar-refractivity contribution in [2.45, 2.75) is 45.6 Å². The molecular weight excluding hydrogens is 200 g/mol. The standard InChI is InChI=1S/C13H20N2O/c1-8(2)10-7-15-12-11(9(10)3)14-6-5-13(12,4)16/h7-8,14,16H,5-6H2,1-4H3. The Bertz CT molecular complexity index is 411. The molecule has 2 rings (SSSR count). The van der Waals surface area contributed by atoms with Gasteiger partial charge in [0.25, 0.3) is 0 Å². The third-order valence-corrected chi connectivity index (χ3v) is 3.42. The Balaban J connectivity index is 2.58. The van der Waals surface area contributed by atoms with Crippen LogP contribution in [0, 0.1) is 6.92 Å². The Labute approximate surface area is 96.9 Å². The lowest BCUT2D eigenvalue weighted by Crippen LogP contribution is -2.32. The van der Waals surface area contributed by atoms with E-state index >= 15 is 0 Å². The smallest absolute Gasteiger partial charge is 0.107 e. The fourth-order valence-electron chi connectivity index (χ4n) is 2.37. The summed E-state index contributed by atoms with van der Waals surface area (Å²) in [6, 6.07) is 0. The fourth-order valence-corrected chi connectivity index (χ4v) is 2.37. The maximum Gasteiger partial charge on any atom is 0.107 e. The molecule has 0 fully saturated rings. The number of hydrogen-bond acceptors (Lipinski definition) is 3. The van der Waals surface area contributed by atoms with Crippen LogP contribution in [-0.2, 0) is 5.60 Å². The zero-order valence-electron chi connectivity index (χ0n) is 10.5. The highest BCUT2D eigenvalue weighted by atomic mass is 16.3. The van der Waals surface area contributed by atoms with Crippen LogP contribution in [0.5, 0.6) is 0 Å². The van der Waals surface area contributed by atoms with Gasteiger partial charge in [-0.2, -0.15) is 0 Å². The van der Waals surface area contributed by atoms with Crippen LogP contribution in [0.15, 0.2) is 6.20 Å². The third-order valence-electron chi connectivity index (χ3n) is 3.42. The zero-order chi connectivity index (χ0) is 11.9. The van der Waals surface area contributed by atoms with Crippen molar-refractivity contribution in [1.29, 1.82) is 0 Å². The lowest BCUT2D eigenvalue weighted by atomic mass is 9.88. The molecule has 1 aliphatic heterocycles. The Hall–Kier alpha value is -1.09. The number of pyridine rings is 1. The lowest BCUT2D eigenvalue weighted by Gasteiger charge is -2.32. The number of nitrogens with one attached hydrogen (secondary N) is 1. The van der Waals surface area contributed by atoms with E-state index in [2.05, 4.69) is 31.1 Å². The average molecular weight is 220 g/mol. The molecule has 0 radical (unpaired) electrons. The maximum absolute atomic E-state index is 10.3. The quantitative estimate of drug-likeness (QED) is 0.764. The van der Waals surface area contributed by atoms with E-state index in [1.54, 1.807) is 0 Å². The van der Waals surface area contributed by atoms with Gasteiger partial charge < -0.3 is 10.4 Å². The molecule has 0 aromatic carbocycles. The van der Waals surface area contributed by atoms with Gasteiger partial charge in [0.15, 0.2) is 0 Å². The number of aliphatic hydroxyl groups is 1. The molecule has 1 atom stereocenters. The van der Waals surface area contributed by atoms with Crippen LogP contribution in [0.25, 0.3) is 0 Å². The molecule has 88 valence electrons. The molecule has 16 heavy (non-hydrogen) atoms. The minimum absolute atomic E-state index is 0.464. The molecular formula is C13H20N2O. The van der Waals surface area contributed by atoms with Crippen molar-refractivity contribution >= 4 is 5.69 Å². The van der Waals surface area contributed by atoms with Crippen molar-refractivity contribution in [1.82, 2.24) is 4.98 Å². The fraction of sp³-hybridized carbons (Fsp3) is 0.615. The normalized spacial score (nSPS) is 24.1. The molecule has 0 saturated heterocycles. The lowest BCUT2D eigenvalue weighted by molar-refractivity contribution is 0.0441. The highest BCUT2D eigenvalue weighted by Gasteiger charge is 2.32. The van der Waals surface area contributed by atoms with Gasteiger partial charge in [-0.05, 0) is 37.3 Å². The molecule has 1 aromatic heterocycles. The van der Waals surface area contributed by atoms with E-state index in [0.29, 0.717) is 12.3 Å². The summed E-state index contributed by atoms with van der Waals surface area (Å²) >= 11 is 0. The van der Waals surface area contributed by atoms with Crippen molar-refractivity contribution in [2.75, 3.05) is 11.9 Å². The van der Waals surface area contributed by atoms with Crippen LogP contribution in [-0.4, -0.2) is 16.6 Å². The molecule has 1 aromatic rings. The van der Waals surface area contributed by atoms with Crippen molar-refractivity contribution < 1.29 is 5.11 Å². The van der Waals surface area contributed by atoms with Crippen LogP contribution in [0.1, 0.15) is 49.9 Å². The Morgan fingerprint density at radius 2 is 2.19 bits per heavy atom. The molecule has 3 nitrogen and oxygen atoms in total. The largest absolute Gasteiger partial charge is 0.384 e. The first-order valence-corrected chi connectivity index (χ1v) is 5.89. The van der Waals surface area contributed by atoms with Gasteiger partial charge >= 0.3 is 0 Å². The summed E-state index contributed by atoms with van der Waals surface area (Å²) in [6.07, 6.45) is 2.62. The van der Waals surface area contributed by atoms with E-state index < -0.39 is 5.60 Å². The number of hydrogen-bond donors (Lipinski definition) is 2. The Kier molecular flexibility index (Phi) is 2.66. The summed E-state index contributed by atoms with van der Waals surface area (Å²) in [6.45, 7) is 9.08. The Morgan fingerprint density at radius 1 is 1.50 bits per heavy atom. The molecule has 0 spiro atoms. The van der Waals surface area contributed by atoms with Gasteiger partial charge in [0.05, 0.1) is 11.4 Å². The molecule has 0 saturated carbocycles. The van der Waals surface area contributed by atoms with Crippen molar-refractivity contribution in [3.05, 3.63) is 23.0 Å². The summed E-state index contributed by atoms with van der Waals surface area (Å²) < 4.78 is 0. The van der Waals surface area contributed by atoms with Crippen molar-refractivity contribution in [2.24, 2.45) is 0 Å². The predicted molar refractivity (Wildman–Crippen MR) is 65.7 cm³/mol. The molecule has 0 amide bonds. The molecule has 0 aliphatic carbocycles. The van der Waals surface area contributed by atoms with Crippen molar-refractivity contribution in [3.63, 3.8) is 0 Å². The topological polar surface area (TPSA) is 45.2 Å². The first kappa shape index (κ1) is 11.4. The van der Waals surface area contributed by atoms with E-state index in [-0.39, 0.29) is 0 Å². The van der Waals surface area contributed by atoms with Gasteiger partial charge in [0.1, 0.15) is 5.60 Å². The second-order valence-corrected chi connectivity index (χ2v) is 5.17. The van der Waals surface area contributed by atoms with Crippen LogP contribution >= 0.6 is 0 Å². The van der Waals surface area contributed by atoms with E-state index in [0.717, 1.165) is 17.9 Å². The highest BCUT2D eigenvalue weighted by molar-refractivity contribution is 5.60. The van der Waals surface area contributed by atoms with Gasteiger partial charge in [0, 0.05) is 12.7 Å². The molecule has 0 bridgehead atoms. The predicted octanol–water partition coefficient (Wildman–Crippen LogP) is 2.54. The number of nitrogens with zero attached hydrogens (tertiary/aromatic N) is 1. The molecule has 1 unspecified atom stereocenters. The van der Waals surface area contributed by atoms with Crippen LogP contribution in [0.3, 0.4) is 0 Å². The first-order valence-electron chi connectivity index (χ1n) is 5.89. The van der Waals surface area contributed by atoms with Crippen LogP contribution < -0.4 is 5.32 Å². The second kappa shape index (κ2) is 3.74. The van der Waals surface area contributed by atoms with E-state index in [1.807, 2.05) is 13.1 Å². The SMILES string of the molecule is Cc1c(C(C)C)cnc2c1NCCC2(C)O. The summed E-state index contributed by atoms with van der Waals surface area (Å²) in [5, 5.41) is 13.6. The van der Waals surface area contributed by atoms with Crippen LogP contribution in [0.2, 0.25) is 0 Å². The van der Waals surface area contributed by atoms with Gasteiger partial charge in [-0.25, -0.2) is 0 Å². The molecule has 2 N–H and O–H groups in total. The number of fused-ring (bicyclic) bond motifs is 1. The van der Waals surface area contributed by atoms with E-state index in [9.17, 15) is 5.11 Å². The van der Waals surface area contributed by atoms with Gasteiger partial charge in [-0.3, -0.25) is 4.98 Å². The average Bonchev–Trinajstić information content (AvgIpc) is 2.18. The summed E-state index contributed by atoms with van der Waals surface area (Å²) in [4.78, 5) is 4.44. The van der Waals surface area contributed by atoms with E-state index in [4.69, 9.17) is 0 Å². The van der Waals surface area contributed by atoms with Gasteiger partial charge in [-0.1, -0.05) is 13.8 Å². The number of anilines is 1. The third kappa shape index (κ3) is 1.69. The number of aromatic nitrogens is 1. The van der Waals surface area contributed by atoms with E-state index in [1.165, 1.54) is 11.1 Å². The van der Waals surface area contributed by atoms with Gasteiger partial charge in [0.2, 0.25) is 0 Å². The second-order valence-electron chi connectivity index (χ2n) is 5.17. The maximum atomic E-state index is 10.3. The summed E-state index contributed by atoms with van der Waals surface area (Å²) in [7, 11) is 0. The zero-order valence-corrected chi connectivity index (χ0v) is 10.5. The number of rotatable bonds is 1. The Morgan fingerprint density at radius 3 is 2.81 bits per heavy atom. The highest BCUT2D eigenvalue weighted by Crippen LogP contribution is 2.37. The molecule has 2 heterocycles. The summed E-state index contributed by atoms with van der Waals surface area (Å²) in [5.74, 6) is 0.464. The first-order chi connectivity index (χ1) is 7.43.